The maximum absolute atomic E-state index is 13.8. The van der Waals surface area contributed by atoms with Crippen molar-refractivity contribution in [2.24, 2.45) is 0 Å². The van der Waals surface area contributed by atoms with Gasteiger partial charge in [0.2, 0.25) is 0 Å². The van der Waals surface area contributed by atoms with Crippen LogP contribution in [0.1, 0.15) is 15.9 Å². The van der Waals surface area contributed by atoms with Gasteiger partial charge in [0.25, 0.3) is 0 Å². The highest BCUT2D eigenvalue weighted by Crippen LogP contribution is 2.29. The number of rotatable bonds is 2. The zero-order valence-corrected chi connectivity index (χ0v) is 13.3. The predicted molar refractivity (Wildman–Crippen MR) is 81.1 cm³/mol. The van der Waals surface area contributed by atoms with E-state index in [1.54, 1.807) is 12.1 Å². The summed E-state index contributed by atoms with van der Waals surface area (Å²) >= 11 is 12.2. The van der Waals surface area contributed by atoms with Crippen LogP contribution in [0, 0.1) is 5.82 Å². The van der Waals surface area contributed by atoms with Crippen LogP contribution in [-0.2, 0) is 0 Å². The monoisotopic (exact) mass is 405 g/mol. The molecular formula is C13H7Br2ClFNO. The number of nitrogens with two attached hydrogens (primary N) is 1. The quantitative estimate of drug-likeness (QED) is 0.441. The van der Waals surface area contributed by atoms with Gasteiger partial charge in [0.05, 0.1) is 10.6 Å². The zero-order chi connectivity index (χ0) is 14.2. The van der Waals surface area contributed by atoms with Crippen LogP contribution in [0.4, 0.5) is 10.1 Å². The van der Waals surface area contributed by atoms with E-state index in [1.165, 1.54) is 12.1 Å². The van der Waals surface area contributed by atoms with Crippen molar-refractivity contribution in [2.75, 3.05) is 5.73 Å². The number of halogens is 4. The maximum Gasteiger partial charge on any atom is 0.197 e. The fourth-order valence-corrected chi connectivity index (χ4v) is 2.46. The molecule has 19 heavy (non-hydrogen) atoms. The van der Waals surface area contributed by atoms with E-state index in [9.17, 15) is 9.18 Å². The average Bonchev–Trinajstić information content (AvgIpc) is 2.36. The third-order valence-electron chi connectivity index (χ3n) is 2.49. The Hall–Kier alpha value is -0.910. The second kappa shape index (κ2) is 5.61. The molecule has 0 fully saturated rings. The summed E-state index contributed by atoms with van der Waals surface area (Å²) in [6.45, 7) is 0. The number of benzene rings is 2. The second-order valence-electron chi connectivity index (χ2n) is 3.81. The van der Waals surface area contributed by atoms with Gasteiger partial charge in [0, 0.05) is 20.2 Å². The molecule has 0 heterocycles. The maximum atomic E-state index is 13.8. The van der Waals surface area contributed by atoms with E-state index in [1.807, 2.05) is 0 Å². The Labute approximate surface area is 131 Å². The molecule has 2 nitrogen and oxygen atoms in total. The SMILES string of the molecule is Nc1ccc(Br)c(C(=O)c2cc(Cl)c(Br)cc2F)c1. The second-order valence-corrected chi connectivity index (χ2v) is 5.93. The Morgan fingerprint density at radius 2 is 1.79 bits per heavy atom. The number of anilines is 1. The lowest BCUT2D eigenvalue weighted by Crippen LogP contribution is -2.06. The number of carbonyl (C=O) groups excluding carboxylic acids is 1. The molecule has 0 amide bonds. The van der Waals surface area contributed by atoms with E-state index >= 15 is 0 Å². The van der Waals surface area contributed by atoms with Gasteiger partial charge in [-0.05, 0) is 46.3 Å². The third kappa shape index (κ3) is 2.99. The van der Waals surface area contributed by atoms with Gasteiger partial charge in [-0.15, -0.1) is 0 Å². The van der Waals surface area contributed by atoms with Crippen LogP contribution < -0.4 is 5.73 Å². The van der Waals surface area contributed by atoms with Gasteiger partial charge in [-0.3, -0.25) is 4.79 Å². The van der Waals surface area contributed by atoms with Gasteiger partial charge in [0.1, 0.15) is 5.82 Å². The molecule has 0 aromatic heterocycles. The molecule has 2 aromatic carbocycles. The summed E-state index contributed by atoms with van der Waals surface area (Å²) < 4.78 is 14.8. The van der Waals surface area contributed by atoms with Crippen molar-refractivity contribution in [1.82, 2.24) is 0 Å². The van der Waals surface area contributed by atoms with Crippen LogP contribution in [0.5, 0.6) is 0 Å². The molecule has 0 aliphatic carbocycles. The van der Waals surface area contributed by atoms with Crippen LogP contribution in [0.25, 0.3) is 0 Å². The first kappa shape index (κ1) is 14.5. The molecule has 0 saturated heterocycles. The molecule has 2 rings (SSSR count). The Bertz CT molecular complexity index is 676. The van der Waals surface area contributed by atoms with Gasteiger partial charge in [-0.2, -0.15) is 0 Å². The highest BCUT2D eigenvalue weighted by molar-refractivity contribution is 9.10. The van der Waals surface area contributed by atoms with Crippen molar-refractivity contribution in [3.63, 3.8) is 0 Å². The summed E-state index contributed by atoms with van der Waals surface area (Å²) in [5.41, 5.74) is 6.25. The van der Waals surface area contributed by atoms with Crippen molar-refractivity contribution < 1.29 is 9.18 Å². The minimum atomic E-state index is -0.643. The molecule has 0 bridgehead atoms. The third-order valence-corrected chi connectivity index (χ3v) is 4.38. The minimum Gasteiger partial charge on any atom is -0.399 e. The molecule has 98 valence electrons. The van der Waals surface area contributed by atoms with E-state index in [0.717, 1.165) is 6.07 Å². The van der Waals surface area contributed by atoms with E-state index < -0.39 is 11.6 Å². The van der Waals surface area contributed by atoms with E-state index in [-0.39, 0.29) is 16.1 Å². The molecule has 0 unspecified atom stereocenters. The van der Waals surface area contributed by atoms with Gasteiger partial charge >= 0.3 is 0 Å². The first-order valence-corrected chi connectivity index (χ1v) is 7.11. The molecule has 2 N–H and O–H groups in total. The standard InChI is InChI=1S/C13H7Br2ClFNO/c14-9-2-1-6(18)3-7(9)13(19)8-4-11(16)10(15)5-12(8)17/h1-5H,18H2. The number of ketones is 1. The largest absolute Gasteiger partial charge is 0.399 e. The Kier molecular flexibility index (Phi) is 4.28. The fourth-order valence-electron chi connectivity index (χ4n) is 1.56. The minimum absolute atomic E-state index is 0.0977. The summed E-state index contributed by atoms with van der Waals surface area (Å²) in [5, 5.41) is 0.268. The molecule has 0 spiro atoms. The van der Waals surface area contributed by atoms with Crippen molar-refractivity contribution in [3.05, 3.63) is 61.2 Å². The van der Waals surface area contributed by atoms with E-state index in [4.69, 9.17) is 17.3 Å². The number of hydrogen-bond donors (Lipinski definition) is 1. The number of carbonyl (C=O) groups is 1. The molecule has 0 radical (unpaired) electrons. The van der Waals surface area contributed by atoms with Crippen molar-refractivity contribution >= 4 is 54.9 Å². The molecule has 6 heteroatoms. The Balaban J connectivity index is 2.56. The molecule has 0 aliphatic rings. The molecule has 0 aliphatic heterocycles. The van der Waals surface area contributed by atoms with Gasteiger partial charge in [-0.1, -0.05) is 27.5 Å². The normalized spacial score (nSPS) is 10.5. The number of nitrogen functional groups attached to an aromatic ring is 1. The van der Waals surface area contributed by atoms with E-state index in [0.29, 0.717) is 14.6 Å². The zero-order valence-electron chi connectivity index (χ0n) is 9.38. The smallest absolute Gasteiger partial charge is 0.197 e. The lowest BCUT2D eigenvalue weighted by Gasteiger charge is -2.07. The topological polar surface area (TPSA) is 43.1 Å². The lowest BCUT2D eigenvalue weighted by molar-refractivity contribution is 0.103. The van der Waals surface area contributed by atoms with Crippen molar-refractivity contribution in [2.45, 2.75) is 0 Å². The average molecular weight is 407 g/mol. The van der Waals surface area contributed by atoms with Crippen molar-refractivity contribution in [3.8, 4) is 0 Å². The first-order valence-electron chi connectivity index (χ1n) is 5.14. The Morgan fingerprint density at radius 3 is 2.47 bits per heavy atom. The fraction of sp³-hybridized carbons (Fsp3) is 0. The van der Waals surface area contributed by atoms with Crippen LogP contribution in [0.15, 0.2) is 39.3 Å². The molecule has 0 saturated carbocycles. The van der Waals surface area contributed by atoms with Crippen LogP contribution >= 0.6 is 43.5 Å². The summed E-state index contributed by atoms with van der Waals surface area (Å²) in [6.07, 6.45) is 0. The molecule has 2 aromatic rings. The van der Waals surface area contributed by atoms with E-state index in [2.05, 4.69) is 31.9 Å². The summed E-state index contributed by atoms with van der Waals surface area (Å²) in [5.74, 6) is -1.12. The Morgan fingerprint density at radius 1 is 1.11 bits per heavy atom. The highest BCUT2D eigenvalue weighted by Gasteiger charge is 2.18. The lowest BCUT2D eigenvalue weighted by atomic mass is 10.0. The van der Waals surface area contributed by atoms with Crippen molar-refractivity contribution in [1.29, 1.82) is 0 Å². The number of hydrogen-bond acceptors (Lipinski definition) is 2. The van der Waals surface area contributed by atoms with Crippen LogP contribution in [0.3, 0.4) is 0 Å². The summed E-state index contributed by atoms with van der Waals surface area (Å²) in [6, 6.07) is 7.23. The van der Waals surface area contributed by atoms with Gasteiger partial charge in [0.15, 0.2) is 5.78 Å². The molecular weight excluding hydrogens is 400 g/mol. The van der Waals surface area contributed by atoms with Gasteiger partial charge in [-0.25, -0.2) is 4.39 Å². The van der Waals surface area contributed by atoms with Crippen LogP contribution in [0.2, 0.25) is 5.02 Å². The van der Waals surface area contributed by atoms with Gasteiger partial charge < -0.3 is 5.73 Å². The first-order chi connectivity index (χ1) is 8.90. The highest BCUT2D eigenvalue weighted by atomic mass is 79.9. The predicted octanol–water partition coefficient (Wildman–Crippen LogP) is 4.82. The summed E-state index contributed by atoms with van der Waals surface area (Å²) in [7, 11) is 0. The summed E-state index contributed by atoms with van der Waals surface area (Å²) in [4.78, 5) is 12.3. The molecule has 0 atom stereocenters. The van der Waals surface area contributed by atoms with Crippen LogP contribution in [-0.4, -0.2) is 5.78 Å².